The van der Waals surface area contributed by atoms with Gasteiger partial charge in [0, 0.05) is 43.6 Å². The molecule has 12 rings (SSSR count). The zero-order valence-corrected chi connectivity index (χ0v) is 32.2. The van der Waals surface area contributed by atoms with Gasteiger partial charge in [0.1, 0.15) is 22.3 Å². The van der Waals surface area contributed by atoms with Crippen molar-refractivity contribution in [1.29, 1.82) is 0 Å². The minimum absolute atomic E-state index is 0.558. The Bertz CT molecular complexity index is 3590. The highest BCUT2D eigenvalue weighted by molar-refractivity contribution is 6.18. The van der Waals surface area contributed by atoms with E-state index >= 15 is 0 Å². The van der Waals surface area contributed by atoms with Crippen LogP contribution in [-0.4, -0.2) is 15.0 Å². The maximum absolute atomic E-state index is 6.56. The van der Waals surface area contributed by atoms with E-state index < -0.39 is 0 Å². The molecule has 0 aliphatic heterocycles. The van der Waals surface area contributed by atoms with Crippen LogP contribution in [0.3, 0.4) is 0 Å². The standard InChI is InChI=1S/C55H33N3O2/c1-4-14-34(15-5-1)40-29-27-38(32-45(40)36-18-8-3-9-19-36)53-56-54(39-28-31-47-46(33-39)43-30-26-37-20-10-11-21-42(37)52(43)60-47)58-55(57-53)44-23-13-25-49-51(44)50-41(22-12-24-48(50)59-49)35-16-6-2-7-17-35/h1-33H. The molecule has 3 aromatic heterocycles. The summed E-state index contributed by atoms with van der Waals surface area (Å²) in [7, 11) is 0. The summed E-state index contributed by atoms with van der Waals surface area (Å²) in [6.07, 6.45) is 0. The Morgan fingerprint density at radius 1 is 0.283 bits per heavy atom. The molecule has 0 saturated carbocycles. The molecule has 3 heterocycles. The van der Waals surface area contributed by atoms with E-state index in [-0.39, 0.29) is 0 Å². The summed E-state index contributed by atoms with van der Waals surface area (Å²) in [4.78, 5) is 15.9. The van der Waals surface area contributed by atoms with Crippen molar-refractivity contribution in [1.82, 2.24) is 15.0 Å². The Hall–Kier alpha value is -8.15. The van der Waals surface area contributed by atoms with Crippen LogP contribution >= 0.6 is 0 Å². The van der Waals surface area contributed by atoms with Gasteiger partial charge >= 0.3 is 0 Å². The molecule has 0 radical (unpaired) electrons. The molecule has 0 spiro atoms. The monoisotopic (exact) mass is 767 g/mol. The van der Waals surface area contributed by atoms with Gasteiger partial charge in [-0.1, -0.05) is 158 Å². The molecule has 5 nitrogen and oxygen atoms in total. The van der Waals surface area contributed by atoms with E-state index in [4.69, 9.17) is 23.8 Å². The summed E-state index contributed by atoms with van der Waals surface area (Å²) in [6.45, 7) is 0. The fourth-order valence-electron chi connectivity index (χ4n) is 8.72. The Labute approximate surface area is 344 Å². The first-order valence-electron chi connectivity index (χ1n) is 20.1. The summed E-state index contributed by atoms with van der Waals surface area (Å²) < 4.78 is 13.1. The van der Waals surface area contributed by atoms with E-state index in [2.05, 4.69) is 146 Å². The van der Waals surface area contributed by atoms with E-state index in [0.29, 0.717) is 17.5 Å². The number of nitrogens with zero attached hydrogens (tertiary/aromatic N) is 3. The number of benzene rings is 9. The van der Waals surface area contributed by atoms with Crippen LogP contribution in [0.15, 0.2) is 209 Å². The second-order valence-electron chi connectivity index (χ2n) is 15.1. The van der Waals surface area contributed by atoms with E-state index in [9.17, 15) is 0 Å². The second-order valence-corrected chi connectivity index (χ2v) is 15.1. The first kappa shape index (κ1) is 33.9. The van der Waals surface area contributed by atoms with E-state index in [1.807, 2.05) is 54.6 Å². The number of hydrogen-bond acceptors (Lipinski definition) is 5. The molecular formula is C55H33N3O2. The smallest absolute Gasteiger partial charge is 0.164 e. The van der Waals surface area contributed by atoms with E-state index in [0.717, 1.165) is 105 Å². The SMILES string of the molecule is c1ccc(-c2ccc(-c3nc(-c4ccc5oc6c7ccccc7ccc6c5c4)nc(-c4cccc5oc6cccc(-c7ccccc7)c6c45)n3)cc2-c2ccccc2)cc1. The highest BCUT2D eigenvalue weighted by Crippen LogP contribution is 2.43. The molecule has 0 bridgehead atoms. The van der Waals surface area contributed by atoms with Crippen LogP contribution in [-0.2, 0) is 0 Å². The molecule has 0 amide bonds. The minimum atomic E-state index is 0.558. The lowest BCUT2D eigenvalue weighted by Gasteiger charge is -2.14. The number of hydrogen-bond donors (Lipinski definition) is 0. The lowest BCUT2D eigenvalue weighted by Crippen LogP contribution is -2.01. The largest absolute Gasteiger partial charge is 0.456 e. The molecule has 280 valence electrons. The van der Waals surface area contributed by atoms with Crippen molar-refractivity contribution < 1.29 is 8.83 Å². The Kier molecular flexibility index (Phi) is 7.78. The number of rotatable bonds is 6. The molecule has 12 aromatic rings. The fourth-order valence-corrected chi connectivity index (χ4v) is 8.72. The maximum Gasteiger partial charge on any atom is 0.164 e. The highest BCUT2D eigenvalue weighted by Gasteiger charge is 2.21. The first-order chi connectivity index (χ1) is 29.7. The third-order valence-electron chi connectivity index (χ3n) is 11.6. The van der Waals surface area contributed by atoms with Crippen LogP contribution < -0.4 is 0 Å². The van der Waals surface area contributed by atoms with E-state index in [1.165, 1.54) is 0 Å². The van der Waals surface area contributed by atoms with Gasteiger partial charge in [0.15, 0.2) is 17.5 Å². The van der Waals surface area contributed by atoms with Gasteiger partial charge < -0.3 is 8.83 Å². The number of fused-ring (bicyclic) bond motifs is 8. The Balaban J connectivity index is 1.11. The van der Waals surface area contributed by atoms with Crippen LogP contribution in [0.5, 0.6) is 0 Å². The average molecular weight is 768 g/mol. The molecule has 0 atom stereocenters. The molecule has 0 N–H and O–H groups in total. The van der Waals surface area contributed by atoms with Gasteiger partial charge in [-0.15, -0.1) is 0 Å². The summed E-state index contributed by atoms with van der Waals surface area (Å²) in [6, 6.07) is 69.2. The Morgan fingerprint density at radius 3 is 1.57 bits per heavy atom. The van der Waals surface area contributed by atoms with Crippen LogP contribution in [0.2, 0.25) is 0 Å². The lowest BCUT2D eigenvalue weighted by molar-refractivity contribution is 0.669. The molecule has 0 aliphatic carbocycles. The van der Waals surface area contributed by atoms with Crippen molar-refractivity contribution in [3.05, 3.63) is 200 Å². The quantitative estimate of drug-likeness (QED) is 0.169. The first-order valence-corrected chi connectivity index (χ1v) is 20.1. The van der Waals surface area contributed by atoms with Crippen molar-refractivity contribution in [3.63, 3.8) is 0 Å². The predicted octanol–water partition coefficient (Wildman–Crippen LogP) is 14.8. The van der Waals surface area contributed by atoms with Gasteiger partial charge in [-0.05, 0) is 81.2 Å². The van der Waals surface area contributed by atoms with E-state index in [1.54, 1.807) is 0 Å². The molecule has 9 aromatic carbocycles. The number of furan rings is 2. The molecule has 0 saturated heterocycles. The van der Waals surface area contributed by atoms with Gasteiger partial charge in [-0.25, -0.2) is 15.0 Å². The summed E-state index contributed by atoms with van der Waals surface area (Å²) in [5.74, 6) is 1.69. The normalized spacial score (nSPS) is 11.7. The van der Waals surface area contributed by atoms with Crippen LogP contribution in [0, 0.1) is 0 Å². The van der Waals surface area contributed by atoms with Crippen LogP contribution in [0.25, 0.3) is 122 Å². The van der Waals surface area contributed by atoms with Crippen molar-refractivity contribution in [2.75, 3.05) is 0 Å². The molecule has 0 aliphatic rings. The maximum atomic E-state index is 6.56. The molecule has 5 heteroatoms. The lowest BCUT2D eigenvalue weighted by atomic mass is 9.92. The predicted molar refractivity (Wildman–Crippen MR) is 245 cm³/mol. The second kappa shape index (κ2) is 13.8. The van der Waals surface area contributed by atoms with Crippen LogP contribution in [0.1, 0.15) is 0 Å². The van der Waals surface area contributed by atoms with Crippen molar-refractivity contribution in [2.45, 2.75) is 0 Å². The average Bonchev–Trinajstić information content (AvgIpc) is 3.91. The fraction of sp³-hybridized carbons (Fsp3) is 0. The summed E-state index contributed by atoms with van der Waals surface area (Å²) >= 11 is 0. The summed E-state index contributed by atoms with van der Waals surface area (Å²) in [5.41, 5.74) is 12.5. The third kappa shape index (κ3) is 5.59. The minimum Gasteiger partial charge on any atom is -0.456 e. The van der Waals surface area contributed by atoms with Crippen molar-refractivity contribution >= 4 is 54.6 Å². The van der Waals surface area contributed by atoms with Gasteiger partial charge in [0.25, 0.3) is 0 Å². The molecule has 0 fully saturated rings. The molecule has 0 unspecified atom stereocenters. The van der Waals surface area contributed by atoms with Crippen molar-refractivity contribution in [3.8, 4) is 67.5 Å². The Morgan fingerprint density at radius 2 is 0.850 bits per heavy atom. The molecular weight excluding hydrogens is 735 g/mol. The van der Waals surface area contributed by atoms with Gasteiger partial charge in [0.2, 0.25) is 0 Å². The number of aromatic nitrogens is 3. The highest BCUT2D eigenvalue weighted by atomic mass is 16.3. The topological polar surface area (TPSA) is 65.0 Å². The van der Waals surface area contributed by atoms with Crippen molar-refractivity contribution in [2.24, 2.45) is 0 Å². The van der Waals surface area contributed by atoms with Gasteiger partial charge in [-0.2, -0.15) is 0 Å². The van der Waals surface area contributed by atoms with Gasteiger partial charge in [0.05, 0.1) is 0 Å². The van der Waals surface area contributed by atoms with Gasteiger partial charge in [-0.3, -0.25) is 0 Å². The third-order valence-corrected chi connectivity index (χ3v) is 11.6. The molecule has 60 heavy (non-hydrogen) atoms. The zero-order valence-electron chi connectivity index (χ0n) is 32.2. The zero-order chi connectivity index (χ0) is 39.6. The summed E-state index contributed by atoms with van der Waals surface area (Å²) in [5, 5.41) is 6.26. The van der Waals surface area contributed by atoms with Crippen LogP contribution in [0.4, 0.5) is 0 Å².